The number of nitrogens with zero attached hydrogens (tertiary/aromatic N) is 4. The van der Waals surface area contributed by atoms with E-state index in [1.165, 1.54) is 6.92 Å². The van der Waals surface area contributed by atoms with Crippen molar-refractivity contribution in [1.29, 1.82) is 0 Å². The van der Waals surface area contributed by atoms with Crippen LogP contribution in [-0.2, 0) is 17.5 Å². The van der Waals surface area contributed by atoms with E-state index in [1.54, 1.807) is 12.0 Å². The molecule has 0 saturated carbocycles. The number of carbonyl (C=O) groups is 1. The van der Waals surface area contributed by atoms with Crippen LogP contribution in [0.2, 0.25) is 5.02 Å². The van der Waals surface area contributed by atoms with Crippen LogP contribution in [0.3, 0.4) is 0 Å². The molecule has 6 nitrogen and oxygen atoms in total. The molecule has 0 unspecified atom stereocenters. The third-order valence-corrected chi connectivity index (χ3v) is 5.93. The van der Waals surface area contributed by atoms with Crippen molar-refractivity contribution in [1.82, 2.24) is 14.7 Å². The van der Waals surface area contributed by atoms with Crippen LogP contribution in [0.15, 0.2) is 22.7 Å². The van der Waals surface area contributed by atoms with Gasteiger partial charge in [-0.25, -0.2) is 0 Å². The number of halogens is 5. The number of amides is 1. The van der Waals surface area contributed by atoms with Gasteiger partial charge in [-0.05, 0) is 35.0 Å². The van der Waals surface area contributed by atoms with Gasteiger partial charge in [-0.3, -0.25) is 9.48 Å². The molecule has 0 spiro atoms. The highest BCUT2D eigenvalue weighted by atomic mass is 79.9. The minimum Gasteiger partial charge on any atom is -0.495 e. The molecule has 1 amide bonds. The number of rotatable bonds is 4. The molecule has 31 heavy (non-hydrogen) atoms. The lowest BCUT2D eigenvalue weighted by atomic mass is 10.2. The Morgan fingerprint density at radius 1 is 1.23 bits per heavy atom. The molecule has 1 fully saturated rings. The molecule has 2 heterocycles. The maximum atomic E-state index is 12.9. The first-order valence-electron chi connectivity index (χ1n) is 9.78. The number of hydrogen-bond donors (Lipinski definition) is 0. The van der Waals surface area contributed by atoms with E-state index in [9.17, 15) is 18.0 Å². The van der Waals surface area contributed by atoms with Gasteiger partial charge in [-0.1, -0.05) is 25.4 Å². The molecule has 1 saturated heterocycles. The molecule has 0 atom stereocenters. The summed E-state index contributed by atoms with van der Waals surface area (Å²) >= 11 is 9.16. The molecule has 0 bridgehead atoms. The Bertz CT molecular complexity index is 913. The van der Waals surface area contributed by atoms with E-state index in [-0.39, 0.29) is 18.1 Å². The predicted molar refractivity (Wildman–Crippen MR) is 118 cm³/mol. The van der Waals surface area contributed by atoms with Crippen LogP contribution >= 0.6 is 27.5 Å². The highest BCUT2D eigenvalue weighted by molar-refractivity contribution is 9.10. The highest BCUT2D eigenvalue weighted by Gasteiger charge is 2.38. The van der Waals surface area contributed by atoms with Gasteiger partial charge >= 0.3 is 6.18 Å². The van der Waals surface area contributed by atoms with Gasteiger partial charge in [0.05, 0.1) is 22.3 Å². The SMILES string of the molecule is CC.COc1cc(N2CCN(C(=O)Cn3nc(C(F)(F)F)c(Cl)c3C)CC2)ccc1Br. The summed E-state index contributed by atoms with van der Waals surface area (Å²) in [4.78, 5) is 16.3. The summed E-state index contributed by atoms with van der Waals surface area (Å²) in [6.07, 6.45) is -4.66. The van der Waals surface area contributed by atoms with Gasteiger partial charge in [-0.15, -0.1) is 0 Å². The van der Waals surface area contributed by atoms with Gasteiger partial charge < -0.3 is 14.5 Å². The topological polar surface area (TPSA) is 50.6 Å². The lowest BCUT2D eigenvalue weighted by molar-refractivity contribution is -0.142. The fourth-order valence-corrected chi connectivity index (χ4v) is 3.80. The van der Waals surface area contributed by atoms with Crippen molar-refractivity contribution in [2.75, 3.05) is 38.2 Å². The van der Waals surface area contributed by atoms with Crippen molar-refractivity contribution in [3.63, 3.8) is 0 Å². The lowest BCUT2D eigenvalue weighted by Gasteiger charge is -2.36. The minimum atomic E-state index is -4.66. The molecule has 1 aromatic carbocycles. The number of alkyl halides is 3. The zero-order valence-corrected chi connectivity index (χ0v) is 20.1. The van der Waals surface area contributed by atoms with Crippen LogP contribution in [0, 0.1) is 6.92 Å². The van der Waals surface area contributed by atoms with Gasteiger partial charge in [0, 0.05) is 37.9 Å². The number of methoxy groups -OCH3 is 1. The van der Waals surface area contributed by atoms with Crippen molar-refractivity contribution in [2.45, 2.75) is 33.5 Å². The highest BCUT2D eigenvalue weighted by Crippen LogP contribution is 2.35. The summed E-state index contributed by atoms with van der Waals surface area (Å²) in [5, 5.41) is 3.02. The molecule has 1 aliphatic heterocycles. The van der Waals surface area contributed by atoms with Gasteiger partial charge in [0.2, 0.25) is 5.91 Å². The standard InChI is InChI=1S/C18H19BrClF3N4O2.C2H6/c1-11-16(20)17(18(21,22)23)24-27(11)10-15(28)26-7-5-25(6-8-26)12-3-4-13(19)14(9-12)29-2;1-2/h3-4,9H,5-8,10H2,1-2H3;1-2H3. The van der Waals surface area contributed by atoms with E-state index < -0.39 is 16.9 Å². The third-order valence-electron chi connectivity index (χ3n) is 4.82. The first-order valence-corrected chi connectivity index (χ1v) is 10.9. The molecule has 0 radical (unpaired) electrons. The molecule has 0 aliphatic carbocycles. The maximum Gasteiger partial charge on any atom is 0.436 e. The van der Waals surface area contributed by atoms with Crippen LogP contribution in [-0.4, -0.2) is 53.9 Å². The number of piperazine rings is 1. The monoisotopic (exact) mass is 524 g/mol. The van der Waals surface area contributed by atoms with E-state index in [2.05, 4.69) is 25.9 Å². The summed E-state index contributed by atoms with van der Waals surface area (Å²) in [6.45, 7) is 7.24. The fourth-order valence-electron chi connectivity index (χ4n) is 3.15. The molecule has 11 heteroatoms. The normalized spacial score (nSPS) is 14.2. The molecule has 3 rings (SSSR count). The minimum absolute atomic E-state index is 0.118. The maximum absolute atomic E-state index is 12.9. The largest absolute Gasteiger partial charge is 0.495 e. The van der Waals surface area contributed by atoms with Crippen molar-refractivity contribution >= 4 is 39.1 Å². The van der Waals surface area contributed by atoms with E-state index >= 15 is 0 Å². The van der Waals surface area contributed by atoms with E-state index in [0.29, 0.717) is 31.9 Å². The number of carbonyl (C=O) groups excluding carboxylic acids is 1. The first kappa shape index (κ1) is 25.3. The predicted octanol–water partition coefficient (Wildman–Crippen LogP) is 5.01. The number of ether oxygens (including phenoxy) is 1. The van der Waals surface area contributed by atoms with Crippen LogP contribution in [0.4, 0.5) is 18.9 Å². The molecule has 2 aromatic rings. The fraction of sp³-hybridized carbons (Fsp3) is 0.500. The van der Waals surface area contributed by atoms with Gasteiger partial charge in [0.25, 0.3) is 0 Å². The Hall–Kier alpha value is -1.94. The smallest absolute Gasteiger partial charge is 0.436 e. The van der Waals surface area contributed by atoms with E-state index in [4.69, 9.17) is 16.3 Å². The quantitative estimate of drug-likeness (QED) is 0.563. The number of aromatic nitrogens is 2. The number of hydrogen-bond acceptors (Lipinski definition) is 4. The Morgan fingerprint density at radius 2 is 1.84 bits per heavy atom. The molecular weight excluding hydrogens is 501 g/mol. The molecule has 0 N–H and O–H groups in total. The van der Waals surface area contributed by atoms with Crippen molar-refractivity contribution < 1.29 is 22.7 Å². The Labute approximate surface area is 193 Å². The molecule has 1 aliphatic rings. The molecular formula is C20H25BrClF3N4O2. The van der Waals surface area contributed by atoms with Crippen LogP contribution in [0.5, 0.6) is 5.75 Å². The lowest BCUT2D eigenvalue weighted by Crippen LogP contribution is -2.49. The Balaban J connectivity index is 0.00000166. The van der Waals surface area contributed by atoms with Crippen molar-refractivity contribution in [3.8, 4) is 5.75 Å². The van der Waals surface area contributed by atoms with Crippen LogP contribution in [0.25, 0.3) is 0 Å². The van der Waals surface area contributed by atoms with Crippen LogP contribution < -0.4 is 9.64 Å². The van der Waals surface area contributed by atoms with Crippen molar-refractivity contribution in [2.24, 2.45) is 0 Å². The second-order valence-corrected chi connectivity index (χ2v) is 7.82. The van der Waals surface area contributed by atoms with Crippen molar-refractivity contribution in [3.05, 3.63) is 39.1 Å². The van der Waals surface area contributed by atoms with E-state index in [1.807, 2.05) is 32.0 Å². The zero-order valence-electron chi connectivity index (χ0n) is 17.8. The third kappa shape index (κ3) is 5.85. The first-order chi connectivity index (χ1) is 14.6. The number of anilines is 1. The summed E-state index contributed by atoms with van der Waals surface area (Å²) in [7, 11) is 1.59. The average Bonchev–Trinajstić information content (AvgIpc) is 3.04. The second-order valence-electron chi connectivity index (χ2n) is 6.59. The van der Waals surface area contributed by atoms with Gasteiger partial charge in [-0.2, -0.15) is 18.3 Å². The zero-order chi connectivity index (χ0) is 23.3. The Morgan fingerprint density at radius 3 is 2.35 bits per heavy atom. The summed E-state index contributed by atoms with van der Waals surface area (Å²) in [5.41, 5.74) is -0.0759. The molecule has 172 valence electrons. The van der Waals surface area contributed by atoms with Gasteiger partial charge in [0.15, 0.2) is 5.69 Å². The number of benzene rings is 1. The second kappa shape index (κ2) is 10.6. The van der Waals surface area contributed by atoms with E-state index in [0.717, 1.165) is 14.8 Å². The Kier molecular flexibility index (Phi) is 8.65. The van der Waals surface area contributed by atoms with Crippen LogP contribution in [0.1, 0.15) is 25.2 Å². The summed E-state index contributed by atoms with van der Waals surface area (Å²) < 4.78 is 46.0. The van der Waals surface area contributed by atoms with Gasteiger partial charge in [0.1, 0.15) is 12.3 Å². The summed E-state index contributed by atoms with van der Waals surface area (Å²) in [6, 6.07) is 5.77. The average molecular weight is 526 g/mol. The molecule has 1 aromatic heterocycles. The summed E-state index contributed by atoms with van der Waals surface area (Å²) in [5.74, 6) is 0.418.